The summed E-state index contributed by atoms with van der Waals surface area (Å²) >= 11 is 0. The molecule has 0 atom stereocenters. The number of nitrogens with zero attached hydrogens (tertiary/aromatic N) is 2. The molecule has 0 aliphatic carbocycles. The van der Waals surface area contributed by atoms with Crippen molar-refractivity contribution in [1.82, 2.24) is 15.1 Å². The molecule has 2 aromatic carbocycles. The monoisotopic (exact) mass is 393 g/mol. The third-order valence-electron chi connectivity index (χ3n) is 4.91. The fourth-order valence-electron chi connectivity index (χ4n) is 3.42. The first-order chi connectivity index (χ1) is 14.0. The van der Waals surface area contributed by atoms with Gasteiger partial charge in [0.05, 0.1) is 0 Å². The minimum absolute atomic E-state index is 0.0946. The van der Waals surface area contributed by atoms with Gasteiger partial charge < -0.3 is 5.32 Å². The van der Waals surface area contributed by atoms with E-state index in [1.807, 2.05) is 60.7 Å². The third kappa shape index (κ3) is 4.51. The second kappa shape index (κ2) is 9.14. The number of imide groups is 2. The van der Waals surface area contributed by atoms with E-state index in [2.05, 4.69) is 5.32 Å². The van der Waals surface area contributed by atoms with Crippen molar-refractivity contribution in [3.05, 3.63) is 71.8 Å². The van der Waals surface area contributed by atoms with Crippen molar-refractivity contribution in [3.8, 4) is 0 Å². The number of rotatable bonds is 8. The Balaban J connectivity index is 1.60. The number of hydrogen-bond donors (Lipinski definition) is 1. The second-order valence-electron chi connectivity index (χ2n) is 6.74. The van der Waals surface area contributed by atoms with E-state index in [0.717, 1.165) is 16.0 Å². The first-order valence-electron chi connectivity index (χ1n) is 9.56. The largest absolute Gasteiger partial charge is 0.355 e. The highest BCUT2D eigenvalue weighted by atomic mass is 16.2. The first kappa shape index (κ1) is 20.3. The van der Waals surface area contributed by atoms with Gasteiger partial charge in [0.25, 0.3) is 0 Å². The normalized spacial score (nSPS) is 14.1. The lowest BCUT2D eigenvalue weighted by molar-refractivity contribution is -0.143. The molecule has 1 saturated heterocycles. The van der Waals surface area contributed by atoms with Crippen LogP contribution in [0.4, 0.5) is 4.79 Å². The number of carbonyl (C=O) groups excluding carboxylic acids is 4. The lowest BCUT2D eigenvalue weighted by Crippen LogP contribution is -2.41. The van der Waals surface area contributed by atoms with Crippen molar-refractivity contribution in [2.75, 3.05) is 19.6 Å². The quantitative estimate of drug-likeness (QED) is 0.550. The Morgan fingerprint density at radius 3 is 1.86 bits per heavy atom. The second-order valence-corrected chi connectivity index (χ2v) is 6.74. The molecule has 0 saturated carbocycles. The summed E-state index contributed by atoms with van der Waals surface area (Å²) in [5, 5.41) is 2.75. The van der Waals surface area contributed by atoms with E-state index in [9.17, 15) is 19.2 Å². The summed E-state index contributed by atoms with van der Waals surface area (Å²) in [5.74, 6) is -2.22. The van der Waals surface area contributed by atoms with Crippen LogP contribution in [0.15, 0.2) is 60.7 Å². The SMILES string of the molecule is CCN1C(=O)C(=O)N(CC(=O)NCCC(c2ccccc2)c2ccccc2)C1=O. The van der Waals surface area contributed by atoms with E-state index in [-0.39, 0.29) is 12.5 Å². The maximum Gasteiger partial charge on any atom is 0.334 e. The Morgan fingerprint density at radius 1 is 0.862 bits per heavy atom. The summed E-state index contributed by atoms with van der Waals surface area (Å²) in [4.78, 5) is 49.5. The van der Waals surface area contributed by atoms with Crippen LogP contribution >= 0.6 is 0 Å². The van der Waals surface area contributed by atoms with Crippen molar-refractivity contribution in [2.24, 2.45) is 0 Å². The minimum atomic E-state index is -0.960. The lowest BCUT2D eigenvalue weighted by Gasteiger charge is -2.19. The Hall–Kier alpha value is -3.48. The molecule has 1 N–H and O–H groups in total. The number of benzene rings is 2. The Bertz CT molecular complexity index is 859. The number of hydrogen-bond acceptors (Lipinski definition) is 4. The van der Waals surface area contributed by atoms with E-state index < -0.39 is 30.3 Å². The molecular weight excluding hydrogens is 370 g/mol. The fraction of sp³-hybridized carbons (Fsp3) is 0.273. The summed E-state index contributed by atoms with van der Waals surface area (Å²) in [6.45, 7) is 1.60. The molecular formula is C22H23N3O4. The molecule has 29 heavy (non-hydrogen) atoms. The van der Waals surface area contributed by atoms with E-state index in [1.165, 1.54) is 0 Å². The van der Waals surface area contributed by atoms with Crippen LogP contribution in [0.25, 0.3) is 0 Å². The zero-order chi connectivity index (χ0) is 20.8. The summed E-state index contributed by atoms with van der Waals surface area (Å²) in [6.07, 6.45) is 0.654. The standard InChI is InChI=1S/C22H23N3O4/c1-2-24-20(27)21(28)25(22(24)29)15-19(26)23-14-13-18(16-9-5-3-6-10-16)17-11-7-4-8-12-17/h3-12,18H,2,13-15H2,1H3,(H,23,26). The van der Waals surface area contributed by atoms with Gasteiger partial charge in [-0.2, -0.15) is 0 Å². The highest BCUT2D eigenvalue weighted by Gasteiger charge is 2.44. The van der Waals surface area contributed by atoms with Gasteiger partial charge in [0.15, 0.2) is 0 Å². The zero-order valence-corrected chi connectivity index (χ0v) is 16.2. The van der Waals surface area contributed by atoms with E-state index in [1.54, 1.807) is 6.92 Å². The van der Waals surface area contributed by atoms with Gasteiger partial charge in [-0.15, -0.1) is 0 Å². The van der Waals surface area contributed by atoms with Gasteiger partial charge in [0.2, 0.25) is 5.91 Å². The van der Waals surface area contributed by atoms with Crippen LogP contribution < -0.4 is 5.32 Å². The summed E-state index contributed by atoms with van der Waals surface area (Å²) < 4.78 is 0. The summed E-state index contributed by atoms with van der Waals surface area (Å²) in [7, 11) is 0. The number of likely N-dealkylation sites (N-methyl/N-ethyl adjacent to an activating group) is 1. The molecule has 150 valence electrons. The third-order valence-corrected chi connectivity index (χ3v) is 4.91. The van der Waals surface area contributed by atoms with Crippen LogP contribution in [0.5, 0.6) is 0 Å². The van der Waals surface area contributed by atoms with Crippen molar-refractivity contribution in [2.45, 2.75) is 19.3 Å². The maximum absolute atomic E-state index is 12.3. The Kier molecular flexibility index (Phi) is 6.39. The average Bonchev–Trinajstić information content (AvgIpc) is 2.95. The van der Waals surface area contributed by atoms with Crippen LogP contribution in [0.2, 0.25) is 0 Å². The molecule has 1 fully saturated rings. The predicted molar refractivity (Wildman–Crippen MR) is 107 cm³/mol. The van der Waals surface area contributed by atoms with Crippen LogP contribution in [-0.2, 0) is 14.4 Å². The molecule has 2 aromatic rings. The molecule has 0 spiro atoms. The van der Waals surface area contributed by atoms with Crippen LogP contribution in [0, 0.1) is 0 Å². The number of urea groups is 1. The van der Waals surface area contributed by atoms with E-state index in [0.29, 0.717) is 17.9 Å². The smallest absolute Gasteiger partial charge is 0.334 e. The molecule has 1 aliphatic rings. The highest BCUT2D eigenvalue weighted by Crippen LogP contribution is 2.27. The molecule has 7 nitrogen and oxygen atoms in total. The van der Waals surface area contributed by atoms with Crippen LogP contribution in [0.3, 0.4) is 0 Å². The molecule has 0 unspecified atom stereocenters. The van der Waals surface area contributed by atoms with Crippen molar-refractivity contribution < 1.29 is 19.2 Å². The molecule has 0 bridgehead atoms. The molecule has 0 aromatic heterocycles. The van der Waals surface area contributed by atoms with Gasteiger partial charge >= 0.3 is 17.8 Å². The molecule has 3 rings (SSSR count). The van der Waals surface area contributed by atoms with Crippen molar-refractivity contribution in [1.29, 1.82) is 0 Å². The molecule has 1 heterocycles. The molecule has 5 amide bonds. The van der Waals surface area contributed by atoms with E-state index >= 15 is 0 Å². The van der Waals surface area contributed by atoms with Crippen molar-refractivity contribution in [3.63, 3.8) is 0 Å². The zero-order valence-electron chi connectivity index (χ0n) is 16.2. The van der Waals surface area contributed by atoms with Crippen molar-refractivity contribution >= 4 is 23.8 Å². The predicted octanol–water partition coefficient (Wildman–Crippen LogP) is 2.14. The van der Waals surface area contributed by atoms with Gasteiger partial charge in [-0.25, -0.2) is 9.69 Å². The molecule has 7 heteroatoms. The minimum Gasteiger partial charge on any atom is -0.355 e. The van der Waals surface area contributed by atoms with Gasteiger partial charge in [0.1, 0.15) is 6.54 Å². The number of nitrogens with one attached hydrogen (secondary N) is 1. The van der Waals surface area contributed by atoms with Crippen LogP contribution in [0.1, 0.15) is 30.4 Å². The first-order valence-corrected chi connectivity index (χ1v) is 9.56. The molecule has 0 radical (unpaired) electrons. The Morgan fingerprint density at radius 2 is 1.38 bits per heavy atom. The van der Waals surface area contributed by atoms with E-state index in [4.69, 9.17) is 0 Å². The van der Waals surface area contributed by atoms with Gasteiger partial charge in [-0.1, -0.05) is 60.7 Å². The van der Waals surface area contributed by atoms with Gasteiger partial charge in [-0.05, 0) is 24.5 Å². The number of amides is 5. The highest BCUT2D eigenvalue weighted by molar-refractivity contribution is 6.45. The lowest BCUT2D eigenvalue weighted by atomic mass is 9.88. The Labute approximate surface area is 169 Å². The maximum atomic E-state index is 12.3. The summed E-state index contributed by atoms with van der Waals surface area (Å²) in [5.41, 5.74) is 2.28. The number of carbonyl (C=O) groups is 4. The van der Waals surface area contributed by atoms with Gasteiger partial charge in [-0.3, -0.25) is 19.3 Å². The van der Waals surface area contributed by atoms with Gasteiger partial charge in [0, 0.05) is 19.0 Å². The summed E-state index contributed by atoms with van der Waals surface area (Å²) in [6, 6.07) is 19.3. The fourth-order valence-corrected chi connectivity index (χ4v) is 3.42. The average molecular weight is 393 g/mol. The topological polar surface area (TPSA) is 86.8 Å². The molecule has 1 aliphatic heterocycles. The van der Waals surface area contributed by atoms with Crippen LogP contribution in [-0.4, -0.2) is 53.2 Å².